The number of carbonyl (C=O) groups excluding carboxylic acids is 1. The molecule has 2 N–H and O–H groups in total. The second-order valence-electron chi connectivity index (χ2n) is 3.74. The molecule has 94 valence electrons. The van der Waals surface area contributed by atoms with E-state index in [0.29, 0.717) is 16.3 Å². The number of hydrogen-bond acceptors (Lipinski definition) is 3. The maximum absolute atomic E-state index is 11.9. The highest BCUT2D eigenvalue weighted by Crippen LogP contribution is 2.27. The summed E-state index contributed by atoms with van der Waals surface area (Å²) >= 11 is 7.23. The van der Waals surface area contributed by atoms with Crippen molar-refractivity contribution in [3.63, 3.8) is 0 Å². The minimum absolute atomic E-state index is 0.0792. The fourth-order valence-corrected chi connectivity index (χ4v) is 2.52. The molecule has 4 nitrogen and oxygen atoms in total. The third-order valence-electron chi connectivity index (χ3n) is 2.35. The lowest BCUT2D eigenvalue weighted by atomic mass is 10.1. The molecule has 0 saturated carbocycles. The summed E-state index contributed by atoms with van der Waals surface area (Å²) in [5.74, 6) is -1.23. The van der Waals surface area contributed by atoms with Gasteiger partial charge in [0.25, 0.3) is 5.91 Å². The second kappa shape index (κ2) is 6.02. The second-order valence-corrected chi connectivity index (χ2v) is 5.00. The predicted octanol–water partition coefficient (Wildman–Crippen LogP) is 2.69. The maximum atomic E-state index is 11.9. The Balaban J connectivity index is 2.71. The summed E-state index contributed by atoms with van der Waals surface area (Å²) in [6.45, 7) is 3.65. The largest absolute Gasteiger partial charge is 0.481 e. The third-order valence-corrected chi connectivity index (χ3v) is 4.05. The molecule has 0 aliphatic rings. The van der Waals surface area contributed by atoms with E-state index in [1.165, 1.54) is 11.3 Å². The van der Waals surface area contributed by atoms with Crippen molar-refractivity contribution in [1.82, 2.24) is 5.32 Å². The topological polar surface area (TPSA) is 66.4 Å². The molecule has 0 radical (unpaired) electrons. The highest BCUT2D eigenvalue weighted by molar-refractivity contribution is 7.13. The molecule has 0 aromatic carbocycles. The lowest BCUT2D eigenvalue weighted by Gasteiger charge is -2.14. The minimum atomic E-state index is -0.925. The van der Waals surface area contributed by atoms with Crippen LogP contribution in [-0.4, -0.2) is 23.0 Å². The molecule has 0 spiro atoms. The van der Waals surface area contributed by atoms with Crippen LogP contribution in [0.1, 0.15) is 35.0 Å². The van der Waals surface area contributed by atoms with Gasteiger partial charge < -0.3 is 10.4 Å². The minimum Gasteiger partial charge on any atom is -0.481 e. The first-order valence-corrected chi connectivity index (χ1v) is 6.47. The SMILES string of the molecule is CCC(CC(=O)O)NC(=O)c1scc(C)c1Cl. The molecule has 0 bridgehead atoms. The van der Waals surface area contributed by atoms with Crippen LogP contribution in [0, 0.1) is 6.92 Å². The zero-order valence-corrected chi connectivity index (χ0v) is 11.2. The summed E-state index contributed by atoms with van der Waals surface area (Å²) < 4.78 is 0. The molecule has 1 amide bonds. The molecule has 6 heteroatoms. The van der Waals surface area contributed by atoms with Gasteiger partial charge in [-0.2, -0.15) is 0 Å². The van der Waals surface area contributed by atoms with E-state index in [9.17, 15) is 9.59 Å². The van der Waals surface area contributed by atoms with Crippen molar-refractivity contribution in [2.45, 2.75) is 32.7 Å². The zero-order chi connectivity index (χ0) is 13.0. The lowest BCUT2D eigenvalue weighted by molar-refractivity contribution is -0.137. The Morgan fingerprint density at radius 3 is 2.65 bits per heavy atom. The van der Waals surface area contributed by atoms with Crippen molar-refractivity contribution in [3.05, 3.63) is 20.8 Å². The molecule has 17 heavy (non-hydrogen) atoms. The Kier molecular flexibility index (Phi) is 4.96. The summed E-state index contributed by atoms with van der Waals surface area (Å²) in [4.78, 5) is 22.9. The van der Waals surface area contributed by atoms with Crippen molar-refractivity contribution >= 4 is 34.8 Å². The summed E-state index contributed by atoms with van der Waals surface area (Å²) in [6.07, 6.45) is 0.490. The van der Waals surface area contributed by atoms with Gasteiger partial charge in [0.05, 0.1) is 11.4 Å². The van der Waals surface area contributed by atoms with Crippen LogP contribution in [0.3, 0.4) is 0 Å². The van der Waals surface area contributed by atoms with Crippen LogP contribution in [0.4, 0.5) is 0 Å². The Bertz CT molecular complexity index is 430. The van der Waals surface area contributed by atoms with Crippen molar-refractivity contribution in [1.29, 1.82) is 0 Å². The van der Waals surface area contributed by atoms with Gasteiger partial charge in [-0.1, -0.05) is 18.5 Å². The Labute approximate surface area is 109 Å². The monoisotopic (exact) mass is 275 g/mol. The number of carboxylic acids is 1. The van der Waals surface area contributed by atoms with Gasteiger partial charge in [0.15, 0.2) is 0 Å². The number of carboxylic acid groups (broad SMARTS) is 1. The van der Waals surface area contributed by atoms with Crippen molar-refractivity contribution in [3.8, 4) is 0 Å². The summed E-state index contributed by atoms with van der Waals surface area (Å²) in [7, 11) is 0. The number of nitrogens with one attached hydrogen (secondary N) is 1. The number of hydrogen-bond donors (Lipinski definition) is 2. The predicted molar refractivity (Wildman–Crippen MR) is 67.9 cm³/mol. The molecule has 1 aromatic rings. The number of carbonyl (C=O) groups is 2. The quantitative estimate of drug-likeness (QED) is 0.868. The Morgan fingerprint density at radius 1 is 1.59 bits per heavy atom. The molecule has 1 rings (SSSR count). The first kappa shape index (κ1) is 14.0. The average Bonchev–Trinajstić information content (AvgIpc) is 2.58. The van der Waals surface area contributed by atoms with Crippen LogP contribution in [-0.2, 0) is 4.79 Å². The van der Waals surface area contributed by atoms with E-state index in [0.717, 1.165) is 5.56 Å². The molecule has 0 aliphatic heterocycles. The fraction of sp³-hybridized carbons (Fsp3) is 0.455. The lowest BCUT2D eigenvalue weighted by Crippen LogP contribution is -2.35. The van der Waals surface area contributed by atoms with Gasteiger partial charge in [-0.05, 0) is 24.3 Å². The van der Waals surface area contributed by atoms with Gasteiger partial charge >= 0.3 is 5.97 Å². The van der Waals surface area contributed by atoms with Crippen LogP contribution < -0.4 is 5.32 Å². The molecule has 0 aliphatic carbocycles. The van der Waals surface area contributed by atoms with Gasteiger partial charge in [0.2, 0.25) is 0 Å². The van der Waals surface area contributed by atoms with Crippen LogP contribution in [0.25, 0.3) is 0 Å². The molecule has 1 aromatic heterocycles. The maximum Gasteiger partial charge on any atom is 0.305 e. The molecule has 0 fully saturated rings. The van der Waals surface area contributed by atoms with E-state index >= 15 is 0 Å². The number of amides is 1. The van der Waals surface area contributed by atoms with Gasteiger partial charge in [-0.3, -0.25) is 9.59 Å². The number of aryl methyl sites for hydroxylation is 1. The number of rotatable bonds is 5. The zero-order valence-electron chi connectivity index (χ0n) is 9.62. The van der Waals surface area contributed by atoms with Gasteiger partial charge in [-0.25, -0.2) is 0 Å². The Morgan fingerprint density at radius 2 is 2.24 bits per heavy atom. The van der Waals surface area contributed by atoms with E-state index in [1.54, 1.807) is 5.38 Å². The molecule has 1 unspecified atom stereocenters. The van der Waals surface area contributed by atoms with Gasteiger partial charge in [0.1, 0.15) is 4.88 Å². The number of thiophene rings is 1. The van der Waals surface area contributed by atoms with Crippen LogP contribution in [0.15, 0.2) is 5.38 Å². The molecule has 1 heterocycles. The molecular weight excluding hydrogens is 262 g/mol. The first-order chi connectivity index (χ1) is 7.95. The van der Waals surface area contributed by atoms with E-state index in [4.69, 9.17) is 16.7 Å². The first-order valence-electron chi connectivity index (χ1n) is 5.22. The third kappa shape index (κ3) is 3.71. The highest BCUT2D eigenvalue weighted by atomic mass is 35.5. The molecular formula is C11H14ClNO3S. The fourth-order valence-electron chi connectivity index (χ4n) is 1.34. The van der Waals surface area contributed by atoms with Crippen LogP contribution in [0.2, 0.25) is 5.02 Å². The Hall–Kier alpha value is -1.07. The number of aliphatic carboxylic acids is 1. The standard InChI is InChI=1S/C11H14ClNO3S/c1-3-7(4-8(14)15)13-11(16)10-9(12)6(2)5-17-10/h5,7H,3-4H2,1-2H3,(H,13,16)(H,14,15). The van der Waals surface area contributed by atoms with Gasteiger partial charge in [-0.15, -0.1) is 11.3 Å². The van der Waals surface area contributed by atoms with Crippen LogP contribution >= 0.6 is 22.9 Å². The van der Waals surface area contributed by atoms with Crippen molar-refractivity contribution < 1.29 is 14.7 Å². The smallest absolute Gasteiger partial charge is 0.305 e. The number of halogens is 1. The summed E-state index contributed by atoms with van der Waals surface area (Å²) in [6, 6.07) is -0.363. The highest BCUT2D eigenvalue weighted by Gasteiger charge is 2.19. The van der Waals surface area contributed by atoms with E-state index in [1.807, 2.05) is 13.8 Å². The van der Waals surface area contributed by atoms with E-state index in [-0.39, 0.29) is 18.4 Å². The molecule has 0 saturated heterocycles. The van der Waals surface area contributed by atoms with Crippen molar-refractivity contribution in [2.24, 2.45) is 0 Å². The van der Waals surface area contributed by atoms with Gasteiger partial charge in [0, 0.05) is 6.04 Å². The van der Waals surface area contributed by atoms with Crippen molar-refractivity contribution in [2.75, 3.05) is 0 Å². The van der Waals surface area contributed by atoms with E-state index < -0.39 is 5.97 Å². The average molecular weight is 276 g/mol. The summed E-state index contributed by atoms with van der Waals surface area (Å²) in [5.41, 5.74) is 0.855. The normalized spacial score (nSPS) is 12.2. The molecule has 1 atom stereocenters. The van der Waals surface area contributed by atoms with Crippen LogP contribution in [0.5, 0.6) is 0 Å². The van der Waals surface area contributed by atoms with E-state index in [2.05, 4.69) is 5.32 Å². The summed E-state index contributed by atoms with van der Waals surface area (Å²) in [5, 5.41) is 13.6.